The molecular weight excluding hydrogens is 314 g/mol. The molecular formula is C16H21N3OS2. The Labute approximate surface area is 139 Å². The number of carbonyl (C=O) groups excluding carboxylic acids is 1. The van der Waals surface area contributed by atoms with Crippen molar-refractivity contribution in [2.45, 2.75) is 31.6 Å². The van der Waals surface area contributed by atoms with Gasteiger partial charge in [0.1, 0.15) is 5.25 Å². The van der Waals surface area contributed by atoms with Gasteiger partial charge < -0.3 is 4.90 Å². The van der Waals surface area contributed by atoms with E-state index >= 15 is 0 Å². The molecule has 118 valence electrons. The quantitative estimate of drug-likeness (QED) is 0.842. The van der Waals surface area contributed by atoms with Crippen LogP contribution < -0.4 is 0 Å². The molecule has 1 atom stereocenters. The average Bonchev–Trinajstić information content (AvgIpc) is 3.14. The van der Waals surface area contributed by atoms with Gasteiger partial charge in [-0.25, -0.2) is 0 Å². The summed E-state index contributed by atoms with van der Waals surface area (Å²) in [6.07, 6.45) is 5.90. The molecule has 6 heteroatoms. The number of rotatable bonds is 5. The van der Waals surface area contributed by atoms with Crippen molar-refractivity contribution >= 4 is 29.0 Å². The average molecular weight is 335 g/mol. The third-order valence-corrected chi connectivity index (χ3v) is 6.06. The zero-order chi connectivity index (χ0) is 15.5. The maximum absolute atomic E-state index is 13.0. The lowest BCUT2D eigenvalue weighted by Gasteiger charge is -2.29. The second-order valence-corrected chi connectivity index (χ2v) is 7.80. The zero-order valence-corrected chi connectivity index (χ0v) is 14.6. The number of thiophene rings is 1. The Morgan fingerprint density at radius 3 is 3.14 bits per heavy atom. The largest absolute Gasteiger partial charge is 0.337 e. The van der Waals surface area contributed by atoms with Gasteiger partial charge in [-0.1, -0.05) is 6.92 Å². The molecule has 1 unspecified atom stereocenters. The lowest BCUT2D eigenvalue weighted by Crippen LogP contribution is -2.35. The Balaban J connectivity index is 1.78. The van der Waals surface area contributed by atoms with Gasteiger partial charge in [0.2, 0.25) is 5.91 Å². The fourth-order valence-corrected chi connectivity index (χ4v) is 5.20. The maximum atomic E-state index is 13.0. The molecule has 0 saturated heterocycles. The minimum Gasteiger partial charge on any atom is -0.337 e. The highest BCUT2D eigenvalue weighted by atomic mass is 32.2. The number of hydrogen-bond acceptors (Lipinski definition) is 4. The second-order valence-electron chi connectivity index (χ2n) is 5.58. The summed E-state index contributed by atoms with van der Waals surface area (Å²) in [6, 6.07) is 2.13. The predicted molar refractivity (Wildman–Crippen MR) is 92.1 cm³/mol. The number of aromatic nitrogens is 2. The first-order valence-corrected chi connectivity index (χ1v) is 9.56. The summed E-state index contributed by atoms with van der Waals surface area (Å²) >= 11 is 3.56. The van der Waals surface area contributed by atoms with Gasteiger partial charge >= 0.3 is 0 Å². The van der Waals surface area contributed by atoms with Crippen LogP contribution in [0.2, 0.25) is 0 Å². The van der Waals surface area contributed by atoms with Crippen molar-refractivity contribution in [1.29, 1.82) is 0 Å². The molecule has 22 heavy (non-hydrogen) atoms. The van der Waals surface area contributed by atoms with E-state index in [1.54, 1.807) is 27.8 Å². The number of amides is 1. The van der Waals surface area contributed by atoms with Crippen LogP contribution in [0.1, 0.15) is 34.6 Å². The van der Waals surface area contributed by atoms with E-state index in [2.05, 4.69) is 23.5 Å². The molecule has 1 aliphatic heterocycles. The molecule has 0 aromatic carbocycles. The molecule has 1 aliphatic rings. The lowest BCUT2D eigenvalue weighted by molar-refractivity contribution is -0.131. The highest BCUT2D eigenvalue weighted by molar-refractivity contribution is 8.00. The lowest BCUT2D eigenvalue weighted by atomic mass is 10.1. The number of thioether (sulfide) groups is 1. The smallest absolute Gasteiger partial charge is 0.240 e. The Morgan fingerprint density at radius 1 is 1.55 bits per heavy atom. The van der Waals surface area contributed by atoms with Gasteiger partial charge in [0.05, 0.1) is 6.20 Å². The molecule has 0 N–H and O–H groups in total. The van der Waals surface area contributed by atoms with E-state index in [0.29, 0.717) is 6.54 Å². The Morgan fingerprint density at radius 2 is 2.41 bits per heavy atom. The van der Waals surface area contributed by atoms with Gasteiger partial charge in [0.25, 0.3) is 0 Å². The van der Waals surface area contributed by atoms with Gasteiger partial charge in [-0.05, 0) is 35.6 Å². The third-order valence-electron chi connectivity index (χ3n) is 3.84. The van der Waals surface area contributed by atoms with E-state index in [0.717, 1.165) is 30.7 Å². The molecule has 2 aromatic rings. The van der Waals surface area contributed by atoms with Gasteiger partial charge in [0.15, 0.2) is 0 Å². The molecule has 4 nitrogen and oxygen atoms in total. The van der Waals surface area contributed by atoms with Crippen LogP contribution in [0.15, 0.2) is 23.8 Å². The van der Waals surface area contributed by atoms with Crippen LogP contribution in [0, 0.1) is 0 Å². The van der Waals surface area contributed by atoms with Crippen molar-refractivity contribution in [3.05, 3.63) is 39.8 Å². The molecule has 0 bridgehead atoms. The molecule has 0 saturated carbocycles. The summed E-state index contributed by atoms with van der Waals surface area (Å²) < 4.78 is 1.79. The minimum absolute atomic E-state index is 0.0294. The van der Waals surface area contributed by atoms with Crippen molar-refractivity contribution in [3.8, 4) is 0 Å². The number of carbonyl (C=O) groups is 1. The molecule has 0 radical (unpaired) electrons. The standard InChI is InChI=1S/C16H21N3OS2/c1-3-6-19(11-12-9-17-18(2)10-12)16(20)15-13-4-7-21-14(13)5-8-22-15/h4,7,9-10,15H,3,5-6,8,11H2,1-2H3. The number of nitrogens with zero attached hydrogens (tertiary/aromatic N) is 3. The molecule has 0 aliphatic carbocycles. The summed E-state index contributed by atoms with van der Waals surface area (Å²) in [5.74, 6) is 1.28. The highest BCUT2D eigenvalue weighted by Gasteiger charge is 2.31. The van der Waals surface area contributed by atoms with E-state index in [1.165, 1.54) is 10.4 Å². The van der Waals surface area contributed by atoms with E-state index in [-0.39, 0.29) is 11.2 Å². The first-order chi connectivity index (χ1) is 10.7. The van der Waals surface area contributed by atoms with Crippen LogP contribution in [-0.2, 0) is 24.8 Å². The number of aryl methyl sites for hydroxylation is 2. The molecule has 0 spiro atoms. The van der Waals surface area contributed by atoms with E-state index in [9.17, 15) is 4.79 Å². The van der Waals surface area contributed by atoms with Crippen molar-refractivity contribution < 1.29 is 4.79 Å². The summed E-state index contributed by atoms with van der Waals surface area (Å²) in [6.45, 7) is 3.56. The Kier molecular flexibility index (Phi) is 4.88. The van der Waals surface area contributed by atoms with E-state index < -0.39 is 0 Å². The minimum atomic E-state index is -0.0294. The monoisotopic (exact) mass is 335 g/mol. The van der Waals surface area contributed by atoms with Gasteiger partial charge in [-0.15, -0.1) is 23.1 Å². The Bertz CT molecular complexity index is 649. The summed E-state index contributed by atoms with van der Waals surface area (Å²) in [4.78, 5) is 16.4. The van der Waals surface area contributed by atoms with Crippen LogP contribution in [0.25, 0.3) is 0 Å². The fourth-order valence-electron chi connectivity index (χ4n) is 2.83. The van der Waals surface area contributed by atoms with Crippen molar-refractivity contribution in [2.24, 2.45) is 7.05 Å². The molecule has 3 heterocycles. The first-order valence-electron chi connectivity index (χ1n) is 7.63. The molecule has 1 amide bonds. The molecule has 3 rings (SSSR count). The highest BCUT2D eigenvalue weighted by Crippen LogP contribution is 2.40. The van der Waals surface area contributed by atoms with Crippen molar-refractivity contribution in [3.63, 3.8) is 0 Å². The predicted octanol–water partition coefficient (Wildman–Crippen LogP) is 3.25. The van der Waals surface area contributed by atoms with Crippen molar-refractivity contribution in [2.75, 3.05) is 12.3 Å². The molecule has 0 fully saturated rings. The van der Waals surface area contributed by atoms with Crippen LogP contribution in [-0.4, -0.2) is 32.9 Å². The molecule has 2 aromatic heterocycles. The van der Waals surface area contributed by atoms with E-state index in [1.807, 2.05) is 24.3 Å². The zero-order valence-electron chi connectivity index (χ0n) is 13.0. The fraction of sp³-hybridized carbons (Fsp3) is 0.500. The maximum Gasteiger partial charge on any atom is 0.240 e. The summed E-state index contributed by atoms with van der Waals surface area (Å²) in [5, 5.41) is 6.29. The van der Waals surface area contributed by atoms with Crippen LogP contribution >= 0.6 is 23.1 Å². The normalized spacial score (nSPS) is 17.3. The van der Waals surface area contributed by atoms with Gasteiger partial charge in [-0.2, -0.15) is 5.10 Å². The van der Waals surface area contributed by atoms with Gasteiger partial charge in [-0.3, -0.25) is 9.48 Å². The summed E-state index contributed by atoms with van der Waals surface area (Å²) in [7, 11) is 1.91. The van der Waals surface area contributed by atoms with Crippen LogP contribution in [0.4, 0.5) is 0 Å². The summed E-state index contributed by atoms with van der Waals surface area (Å²) in [5.41, 5.74) is 2.33. The van der Waals surface area contributed by atoms with Crippen molar-refractivity contribution in [1.82, 2.24) is 14.7 Å². The number of hydrogen-bond donors (Lipinski definition) is 0. The second kappa shape index (κ2) is 6.87. The topological polar surface area (TPSA) is 38.1 Å². The number of fused-ring (bicyclic) bond motifs is 1. The third kappa shape index (κ3) is 3.22. The SMILES string of the molecule is CCCN(Cc1cnn(C)c1)C(=O)C1SCCc2sccc21. The Hall–Kier alpha value is -1.27. The van der Waals surface area contributed by atoms with Crippen LogP contribution in [0.5, 0.6) is 0 Å². The first kappa shape index (κ1) is 15.6. The van der Waals surface area contributed by atoms with E-state index in [4.69, 9.17) is 0 Å². The van der Waals surface area contributed by atoms with Gasteiger partial charge in [0, 0.05) is 36.8 Å². The van der Waals surface area contributed by atoms with Crippen LogP contribution in [0.3, 0.4) is 0 Å².